The maximum Gasteiger partial charge on any atom is 0.253 e. The number of nitrogens with one attached hydrogen (secondary N) is 2. The van der Waals surface area contributed by atoms with Gasteiger partial charge in [0.25, 0.3) is 5.91 Å². The Morgan fingerprint density at radius 2 is 2.05 bits per heavy atom. The number of aromatic nitrogens is 1. The molecule has 3 aromatic rings. The molecule has 0 bridgehead atoms. The van der Waals surface area contributed by atoms with Gasteiger partial charge in [-0.15, -0.1) is 11.3 Å². The van der Waals surface area contributed by atoms with Crippen LogP contribution >= 0.6 is 11.3 Å². The minimum atomic E-state index is -3.57. The van der Waals surface area contributed by atoms with Crippen LogP contribution in [0.4, 0.5) is 0 Å². The van der Waals surface area contributed by atoms with E-state index in [1.54, 1.807) is 35.7 Å². The van der Waals surface area contributed by atoms with Gasteiger partial charge in [0.05, 0.1) is 16.0 Å². The number of hydrogen-bond donors (Lipinski definition) is 2. The molecule has 1 amide bonds. The van der Waals surface area contributed by atoms with Gasteiger partial charge in [-0.05, 0) is 17.5 Å². The maximum absolute atomic E-state index is 12.6. The first-order valence-corrected chi connectivity index (χ1v) is 8.53. The highest BCUT2D eigenvalue weighted by molar-refractivity contribution is 7.93. The molecule has 0 unspecified atom stereocenters. The van der Waals surface area contributed by atoms with Gasteiger partial charge >= 0.3 is 0 Å². The fraction of sp³-hybridized carbons (Fsp3) is 0.0714. The second kappa shape index (κ2) is 5.01. The van der Waals surface area contributed by atoms with Crippen LogP contribution < -0.4 is 5.32 Å². The van der Waals surface area contributed by atoms with E-state index in [9.17, 15) is 13.2 Å². The molecule has 5 nitrogen and oxygen atoms in total. The van der Waals surface area contributed by atoms with Crippen molar-refractivity contribution < 1.29 is 13.2 Å². The number of rotatable bonds is 3. The molecule has 0 aliphatic carbocycles. The predicted molar refractivity (Wildman–Crippen MR) is 81.5 cm³/mol. The summed E-state index contributed by atoms with van der Waals surface area (Å²) >= 11 is 1.17. The van der Waals surface area contributed by atoms with Crippen molar-refractivity contribution in [3.8, 4) is 0 Å². The Morgan fingerprint density at radius 3 is 2.71 bits per heavy atom. The van der Waals surface area contributed by atoms with Crippen LogP contribution in [0.2, 0.25) is 0 Å². The predicted octanol–water partition coefficient (Wildman–Crippen LogP) is 2.42. The summed E-state index contributed by atoms with van der Waals surface area (Å²) in [6.45, 7) is 0. The molecule has 0 radical (unpaired) electrons. The first-order valence-electron chi connectivity index (χ1n) is 6.16. The summed E-state index contributed by atoms with van der Waals surface area (Å²) in [7, 11) is -2.04. The topological polar surface area (TPSA) is 79.0 Å². The minimum absolute atomic E-state index is 0.186. The molecule has 108 valence electrons. The van der Waals surface area contributed by atoms with Gasteiger partial charge in [-0.25, -0.2) is 8.42 Å². The molecule has 0 fully saturated rings. The number of hydrogen-bond acceptors (Lipinski definition) is 4. The van der Waals surface area contributed by atoms with Crippen LogP contribution in [-0.4, -0.2) is 26.4 Å². The number of fused-ring (bicyclic) bond motifs is 1. The second-order valence-corrected chi connectivity index (χ2v) is 7.49. The summed E-state index contributed by atoms with van der Waals surface area (Å²) in [5, 5.41) is 4.78. The summed E-state index contributed by atoms with van der Waals surface area (Å²) in [4.78, 5) is 14.9. The number of aromatic amines is 1. The second-order valence-electron chi connectivity index (χ2n) is 4.40. The molecular formula is C14H12N2O3S2. The largest absolute Gasteiger partial charge is 0.359 e. The van der Waals surface area contributed by atoms with Gasteiger partial charge in [0.2, 0.25) is 9.84 Å². The lowest BCUT2D eigenvalue weighted by Crippen LogP contribution is -2.18. The number of H-pyrrole nitrogens is 1. The Hall–Kier alpha value is -2.12. The Bertz CT molecular complexity index is 909. The standard InChI is InChI=1S/C14H12N2O3S2/c1-15-14(17)10-5-2-4-9-11(8-16-13(9)10)21(18,19)12-6-3-7-20-12/h2-8,16H,1H3,(H,15,17). The van der Waals surface area contributed by atoms with E-state index >= 15 is 0 Å². The van der Waals surface area contributed by atoms with Crippen LogP contribution in [0.15, 0.2) is 51.0 Å². The Kier molecular flexibility index (Phi) is 3.30. The molecule has 0 saturated carbocycles. The molecule has 0 atom stereocenters. The number of carbonyl (C=O) groups excluding carboxylic acids is 1. The van der Waals surface area contributed by atoms with E-state index in [0.29, 0.717) is 16.5 Å². The van der Waals surface area contributed by atoms with Crippen LogP contribution in [0, 0.1) is 0 Å². The number of thiophene rings is 1. The summed E-state index contributed by atoms with van der Waals surface area (Å²) in [5.41, 5.74) is 0.939. The van der Waals surface area contributed by atoms with Crippen molar-refractivity contribution in [3.63, 3.8) is 0 Å². The summed E-state index contributed by atoms with van der Waals surface area (Å²) in [5.74, 6) is -0.262. The summed E-state index contributed by atoms with van der Waals surface area (Å²) in [6.07, 6.45) is 1.44. The van der Waals surface area contributed by atoms with Crippen molar-refractivity contribution in [2.24, 2.45) is 0 Å². The lowest BCUT2D eigenvalue weighted by atomic mass is 10.1. The van der Waals surface area contributed by atoms with Gasteiger partial charge < -0.3 is 10.3 Å². The molecule has 2 heterocycles. The van der Waals surface area contributed by atoms with Crippen molar-refractivity contribution in [2.45, 2.75) is 9.10 Å². The van der Waals surface area contributed by atoms with E-state index in [-0.39, 0.29) is 15.0 Å². The zero-order valence-corrected chi connectivity index (χ0v) is 12.7. The van der Waals surface area contributed by atoms with Crippen LogP contribution in [-0.2, 0) is 9.84 Å². The smallest absolute Gasteiger partial charge is 0.253 e. The van der Waals surface area contributed by atoms with E-state index in [0.717, 1.165) is 0 Å². The van der Waals surface area contributed by atoms with Crippen molar-refractivity contribution >= 4 is 38.0 Å². The van der Waals surface area contributed by atoms with Gasteiger partial charge in [-0.1, -0.05) is 18.2 Å². The molecule has 0 spiro atoms. The number of amides is 1. The number of carbonyl (C=O) groups is 1. The van der Waals surface area contributed by atoms with Gasteiger partial charge in [-0.2, -0.15) is 0 Å². The number of sulfone groups is 1. The molecule has 7 heteroatoms. The molecule has 0 aliphatic rings. The molecule has 21 heavy (non-hydrogen) atoms. The average Bonchev–Trinajstić information content (AvgIpc) is 3.15. The minimum Gasteiger partial charge on any atom is -0.359 e. The molecule has 1 aromatic carbocycles. The first-order chi connectivity index (χ1) is 10.1. The molecular weight excluding hydrogens is 308 g/mol. The Labute approximate surface area is 125 Å². The van der Waals surface area contributed by atoms with Gasteiger partial charge in [-0.3, -0.25) is 4.79 Å². The zero-order valence-electron chi connectivity index (χ0n) is 11.1. The fourth-order valence-electron chi connectivity index (χ4n) is 2.20. The molecule has 2 aromatic heterocycles. The van der Waals surface area contributed by atoms with Gasteiger partial charge in [0, 0.05) is 18.6 Å². The van der Waals surface area contributed by atoms with E-state index in [1.807, 2.05) is 0 Å². The Morgan fingerprint density at radius 1 is 1.24 bits per heavy atom. The maximum atomic E-state index is 12.6. The van der Waals surface area contributed by atoms with Gasteiger partial charge in [0.1, 0.15) is 4.21 Å². The van der Waals surface area contributed by atoms with E-state index in [2.05, 4.69) is 10.3 Å². The Balaban J connectivity index is 2.25. The monoisotopic (exact) mass is 320 g/mol. The lowest BCUT2D eigenvalue weighted by molar-refractivity contribution is 0.0964. The van der Waals surface area contributed by atoms with Crippen molar-refractivity contribution in [2.75, 3.05) is 7.05 Å². The van der Waals surface area contributed by atoms with E-state index in [4.69, 9.17) is 0 Å². The van der Waals surface area contributed by atoms with E-state index in [1.165, 1.54) is 24.6 Å². The third kappa shape index (κ3) is 2.14. The van der Waals surface area contributed by atoms with Crippen LogP contribution in [0.5, 0.6) is 0 Å². The third-order valence-corrected chi connectivity index (χ3v) is 6.39. The van der Waals surface area contributed by atoms with Crippen molar-refractivity contribution in [1.29, 1.82) is 0 Å². The van der Waals surface area contributed by atoms with E-state index < -0.39 is 9.84 Å². The highest BCUT2D eigenvalue weighted by atomic mass is 32.2. The van der Waals surface area contributed by atoms with Crippen LogP contribution in [0.1, 0.15) is 10.4 Å². The highest BCUT2D eigenvalue weighted by Gasteiger charge is 2.24. The van der Waals surface area contributed by atoms with Crippen LogP contribution in [0.3, 0.4) is 0 Å². The fourth-order valence-corrected chi connectivity index (χ4v) is 4.74. The lowest BCUT2D eigenvalue weighted by Gasteiger charge is -2.03. The van der Waals surface area contributed by atoms with Gasteiger partial charge in [0.15, 0.2) is 0 Å². The average molecular weight is 320 g/mol. The molecule has 0 saturated heterocycles. The number of para-hydroxylation sites is 1. The molecule has 3 rings (SSSR count). The van der Waals surface area contributed by atoms with Crippen LogP contribution in [0.25, 0.3) is 10.9 Å². The first kappa shape index (κ1) is 13.8. The van der Waals surface area contributed by atoms with Crippen molar-refractivity contribution in [3.05, 3.63) is 47.5 Å². The molecule has 0 aliphatic heterocycles. The number of benzene rings is 1. The van der Waals surface area contributed by atoms with Crippen molar-refractivity contribution in [1.82, 2.24) is 10.3 Å². The SMILES string of the molecule is CNC(=O)c1cccc2c(S(=O)(=O)c3cccs3)c[nH]c12. The summed E-state index contributed by atoms with van der Waals surface area (Å²) in [6, 6.07) is 8.29. The zero-order chi connectivity index (χ0) is 15.0. The third-order valence-electron chi connectivity index (χ3n) is 3.20. The molecule has 2 N–H and O–H groups in total. The highest BCUT2D eigenvalue weighted by Crippen LogP contribution is 2.31. The normalized spacial score (nSPS) is 11.7. The quantitative estimate of drug-likeness (QED) is 0.778. The summed E-state index contributed by atoms with van der Waals surface area (Å²) < 4.78 is 25.5.